The van der Waals surface area contributed by atoms with Crippen LogP contribution >= 0.6 is 0 Å². The zero-order valence-electron chi connectivity index (χ0n) is 11.5. The molecule has 0 heterocycles. The lowest BCUT2D eigenvalue weighted by atomic mass is 9.86. The SMILES string of the molecule is CN(CCc1ccc(C(C)(C)C)cc1)C(=O)C#N. The molecule has 0 saturated carbocycles. The Hall–Kier alpha value is -1.82. The van der Waals surface area contributed by atoms with E-state index in [1.54, 1.807) is 13.1 Å². The third kappa shape index (κ3) is 3.89. The molecule has 3 nitrogen and oxygen atoms in total. The van der Waals surface area contributed by atoms with E-state index in [2.05, 4.69) is 45.0 Å². The van der Waals surface area contributed by atoms with Crippen molar-refractivity contribution in [3.05, 3.63) is 35.4 Å². The Labute approximate surface area is 109 Å². The van der Waals surface area contributed by atoms with Gasteiger partial charge in [-0.05, 0) is 23.0 Å². The fraction of sp³-hybridized carbons (Fsp3) is 0.467. The van der Waals surface area contributed by atoms with Crippen molar-refractivity contribution in [2.45, 2.75) is 32.6 Å². The zero-order chi connectivity index (χ0) is 13.8. The number of rotatable bonds is 3. The summed E-state index contributed by atoms with van der Waals surface area (Å²) in [5.41, 5.74) is 2.64. The summed E-state index contributed by atoms with van der Waals surface area (Å²) >= 11 is 0. The first kappa shape index (κ1) is 14.2. The van der Waals surface area contributed by atoms with Crippen LogP contribution in [0.3, 0.4) is 0 Å². The van der Waals surface area contributed by atoms with Gasteiger partial charge in [-0.15, -0.1) is 0 Å². The van der Waals surface area contributed by atoms with Crippen LogP contribution in [-0.2, 0) is 16.6 Å². The summed E-state index contributed by atoms with van der Waals surface area (Å²) in [7, 11) is 1.65. The maximum Gasteiger partial charge on any atom is 0.324 e. The van der Waals surface area contributed by atoms with E-state index in [9.17, 15) is 4.79 Å². The van der Waals surface area contributed by atoms with Crippen LogP contribution in [0.2, 0.25) is 0 Å². The molecule has 0 saturated heterocycles. The van der Waals surface area contributed by atoms with E-state index in [0.29, 0.717) is 6.54 Å². The van der Waals surface area contributed by atoms with Crippen molar-refractivity contribution >= 4 is 5.91 Å². The smallest absolute Gasteiger partial charge is 0.324 e. The molecule has 1 aromatic rings. The van der Waals surface area contributed by atoms with E-state index >= 15 is 0 Å². The first-order valence-corrected chi connectivity index (χ1v) is 6.09. The van der Waals surface area contributed by atoms with Gasteiger partial charge in [0.1, 0.15) is 0 Å². The first-order valence-electron chi connectivity index (χ1n) is 6.09. The van der Waals surface area contributed by atoms with Gasteiger partial charge in [0, 0.05) is 13.6 Å². The van der Waals surface area contributed by atoms with Gasteiger partial charge in [-0.1, -0.05) is 45.0 Å². The van der Waals surface area contributed by atoms with Gasteiger partial charge in [-0.2, -0.15) is 5.26 Å². The molecule has 0 aromatic heterocycles. The highest BCUT2D eigenvalue weighted by atomic mass is 16.2. The minimum Gasteiger partial charge on any atom is -0.333 e. The third-order valence-corrected chi connectivity index (χ3v) is 3.00. The van der Waals surface area contributed by atoms with E-state index < -0.39 is 5.91 Å². The lowest BCUT2D eigenvalue weighted by Crippen LogP contribution is -2.27. The molecule has 0 aliphatic carbocycles. The first-order chi connectivity index (χ1) is 8.34. The van der Waals surface area contributed by atoms with Gasteiger partial charge < -0.3 is 4.90 Å². The average molecular weight is 244 g/mol. The molecule has 0 N–H and O–H groups in total. The molecule has 0 spiro atoms. The van der Waals surface area contributed by atoms with Crippen LogP contribution in [0.1, 0.15) is 31.9 Å². The van der Waals surface area contributed by atoms with Crippen molar-refractivity contribution in [3.63, 3.8) is 0 Å². The van der Waals surface area contributed by atoms with E-state index in [-0.39, 0.29) is 5.41 Å². The monoisotopic (exact) mass is 244 g/mol. The molecule has 0 atom stereocenters. The highest BCUT2D eigenvalue weighted by molar-refractivity contribution is 5.90. The van der Waals surface area contributed by atoms with Gasteiger partial charge in [0.05, 0.1) is 0 Å². The normalized spacial score (nSPS) is 10.8. The number of benzene rings is 1. The van der Waals surface area contributed by atoms with E-state index in [4.69, 9.17) is 5.26 Å². The molecule has 0 fully saturated rings. The van der Waals surface area contributed by atoms with Crippen LogP contribution in [0.4, 0.5) is 0 Å². The summed E-state index contributed by atoms with van der Waals surface area (Å²) in [6.07, 6.45) is 0.772. The van der Waals surface area contributed by atoms with Gasteiger partial charge in [-0.25, -0.2) is 0 Å². The van der Waals surface area contributed by atoms with Gasteiger partial charge in [0.15, 0.2) is 6.07 Å². The summed E-state index contributed by atoms with van der Waals surface area (Å²) < 4.78 is 0. The van der Waals surface area contributed by atoms with Gasteiger partial charge in [-0.3, -0.25) is 4.79 Å². The number of hydrogen-bond acceptors (Lipinski definition) is 2. The number of carbonyl (C=O) groups is 1. The van der Waals surface area contributed by atoms with E-state index in [0.717, 1.165) is 6.42 Å². The Morgan fingerprint density at radius 1 is 1.28 bits per heavy atom. The van der Waals surface area contributed by atoms with E-state index in [1.807, 2.05) is 0 Å². The van der Waals surface area contributed by atoms with Crippen LogP contribution in [0.15, 0.2) is 24.3 Å². The average Bonchev–Trinajstić information content (AvgIpc) is 2.34. The van der Waals surface area contributed by atoms with Gasteiger partial charge in [0.2, 0.25) is 0 Å². The molecule has 0 aliphatic rings. The number of hydrogen-bond donors (Lipinski definition) is 0. The minimum atomic E-state index is -0.485. The molecule has 1 rings (SSSR count). The Morgan fingerprint density at radius 3 is 2.28 bits per heavy atom. The van der Waals surface area contributed by atoms with Crippen molar-refractivity contribution in [3.8, 4) is 6.07 Å². The second kappa shape index (κ2) is 5.68. The lowest BCUT2D eigenvalue weighted by Gasteiger charge is -2.19. The quantitative estimate of drug-likeness (QED) is 0.767. The van der Waals surface area contributed by atoms with Crippen LogP contribution < -0.4 is 0 Å². The molecular formula is C15H20N2O. The van der Waals surface area contributed by atoms with Crippen molar-refractivity contribution < 1.29 is 4.79 Å². The Kier molecular flexibility index (Phi) is 4.49. The molecule has 1 amide bonds. The van der Waals surface area contributed by atoms with Crippen LogP contribution in [-0.4, -0.2) is 24.4 Å². The maximum atomic E-state index is 11.1. The largest absolute Gasteiger partial charge is 0.333 e. The molecule has 0 bridgehead atoms. The molecule has 1 aromatic carbocycles. The molecule has 0 radical (unpaired) electrons. The fourth-order valence-corrected chi connectivity index (χ4v) is 1.66. The second-order valence-corrected chi connectivity index (χ2v) is 5.54. The molecule has 3 heteroatoms. The molecule has 0 unspecified atom stereocenters. The topological polar surface area (TPSA) is 44.1 Å². The molecular weight excluding hydrogens is 224 g/mol. The second-order valence-electron chi connectivity index (χ2n) is 5.54. The molecule has 96 valence electrons. The summed E-state index contributed by atoms with van der Waals surface area (Å²) in [6.45, 7) is 7.12. The third-order valence-electron chi connectivity index (χ3n) is 3.00. The van der Waals surface area contributed by atoms with E-state index in [1.165, 1.54) is 16.0 Å². The number of likely N-dealkylation sites (N-methyl/N-ethyl adjacent to an activating group) is 1. The van der Waals surface area contributed by atoms with Crippen molar-refractivity contribution in [1.82, 2.24) is 4.90 Å². The van der Waals surface area contributed by atoms with Gasteiger partial charge in [0.25, 0.3) is 0 Å². The molecule has 0 aliphatic heterocycles. The highest BCUT2D eigenvalue weighted by Gasteiger charge is 2.13. The highest BCUT2D eigenvalue weighted by Crippen LogP contribution is 2.22. The number of nitriles is 1. The van der Waals surface area contributed by atoms with Crippen molar-refractivity contribution in [2.24, 2.45) is 0 Å². The Morgan fingerprint density at radius 2 is 1.83 bits per heavy atom. The summed E-state index contributed by atoms with van der Waals surface area (Å²) in [6, 6.07) is 10.0. The van der Waals surface area contributed by atoms with Crippen molar-refractivity contribution in [1.29, 1.82) is 5.26 Å². The Bertz CT molecular complexity index is 449. The summed E-state index contributed by atoms with van der Waals surface area (Å²) in [5.74, 6) is -0.485. The minimum absolute atomic E-state index is 0.159. The number of nitrogens with zero attached hydrogens (tertiary/aromatic N) is 2. The number of amides is 1. The predicted octanol–water partition coefficient (Wildman–Crippen LogP) is 2.51. The van der Waals surface area contributed by atoms with Crippen LogP contribution in [0.5, 0.6) is 0 Å². The van der Waals surface area contributed by atoms with Gasteiger partial charge >= 0.3 is 5.91 Å². The summed E-state index contributed by atoms with van der Waals surface area (Å²) in [5, 5.41) is 8.49. The summed E-state index contributed by atoms with van der Waals surface area (Å²) in [4.78, 5) is 12.5. The lowest BCUT2D eigenvalue weighted by molar-refractivity contribution is -0.124. The predicted molar refractivity (Wildman–Crippen MR) is 72.1 cm³/mol. The molecule has 18 heavy (non-hydrogen) atoms. The number of carbonyl (C=O) groups excluding carboxylic acids is 1. The maximum absolute atomic E-state index is 11.1. The van der Waals surface area contributed by atoms with Crippen LogP contribution in [0, 0.1) is 11.3 Å². The standard InChI is InChI=1S/C15H20N2O/c1-15(2,3)13-7-5-12(6-8-13)9-10-17(4)14(18)11-16/h5-8H,9-10H2,1-4H3. The van der Waals surface area contributed by atoms with Crippen molar-refractivity contribution in [2.75, 3.05) is 13.6 Å². The Balaban J connectivity index is 2.60. The zero-order valence-corrected chi connectivity index (χ0v) is 11.5. The fourth-order valence-electron chi connectivity index (χ4n) is 1.66. The van der Waals surface area contributed by atoms with Crippen LogP contribution in [0.25, 0.3) is 0 Å².